The molecule has 1 amide bonds. The second-order valence-corrected chi connectivity index (χ2v) is 5.92. The molecule has 3 rings (SSSR count). The minimum Gasteiger partial charge on any atom is -0.342 e. The van der Waals surface area contributed by atoms with Gasteiger partial charge in [-0.1, -0.05) is 6.07 Å². The number of nitrogens with zero attached hydrogens (tertiary/aromatic N) is 1. The highest BCUT2D eigenvalue weighted by atomic mass is 35.5. The summed E-state index contributed by atoms with van der Waals surface area (Å²) in [6.07, 6.45) is 2.28. The maximum absolute atomic E-state index is 13.1. The Morgan fingerprint density at radius 2 is 2.10 bits per heavy atom. The second kappa shape index (κ2) is 6.28. The van der Waals surface area contributed by atoms with Crippen molar-refractivity contribution in [2.45, 2.75) is 19.3 Å². The smallest absolute Gasteiger partial charge is 0.227 e. The predicted octanol–water partition coefficient (Wildman–Crippen LogP) is 2.14. The number of hydrogen-bond acceptors (Lipinski definition) is 2. The van der Waals surface area contributed by atoms with Gasteiger partial charge in [-0.2, -0.15) is 0 Å². The molecule has 2 aliphatic rings. The lowest BCUT2D eigenvalue weighted by Crippen LogP contribution is -2.34. The van der Waals surface area contributed by atoms with Crippen molar-refractivity contribution >= 4 is 18.3 Å². The molecule has 0 radical (unpaired) electrons. The van der Waals surface area contributed by atoms with Crippen LogP contribution in [0.2, 0.25) is 0 Å². The fourth-order valence-corrected chi connectivity index (χ4v) is 3.23. The first-order valence-electron chi connectivity index (χ1n) is 7.00. The number of amides is 1. The highest BCUT2D eigenvalue weighted by Crippen LogP contribution is 2.36. The zero-order chi connectivity index (χ0) is 14.2. The van der Waals surface area contributed by atoms with Crippen molar-refractivity contribution in [2.24, 2.45) is 5.41 Å². The Morgan fingerprint density at radius 3 is 2.76 bits per heavy atom. The van der Waals surface area contributed by atoms with Gasteiger partial charge in [-0.05, 0) is 37.1 Å². The Morgan fingerprint density at radius 1 is 1.29 bits per heavy atom. The van der Waals surface area contributed by atoms with Crippen molar-refractivity contribution < 1.29 is 13.6 Å². The first-order chi connectivity index (χ1) is 9.58. The molecule has 1 N–H and O–H groups in total. The third-order valence-corrected chi connectivity index (χ3v) is 4.46. The zero-order valence-corrected chi connectivity index (χ0v) is 12.5. The van der Waals surface area contributed by atoms with Gasteiger partial charge in [0.2, 0.25) is 5.91 Å². The van der Waals surface area contributed by atoms with Crippen molar-refractivity contribution in [1.82, 2.24) is 10.2 Å². The van der Waals surface area contributed by atoms with Crippen LogP contribution in [0.5, 0.6) is 0 Å². The van der Waals surface area contributed by atoms with Crippen molar-refractivity contribution in [3.8, 4) is 0 Å². The largest absolute Gasteiger partial charge is 0.342 e. The summed E-state index contributed by atoms with van der Waals surface area (Å²) >= 11 is 0. The molecule has 1 atom stereocenters. The summed E-state index contributed by atoms with van der Waals surface area (Å²) in [5.41, 5.74) is 0.767. The zero-order valence-electron chi connectivity index (χ0n) is 11.7. The Bertz CT molecular complexity index is 532. The van der Waals surface area contributed by atoms with Gasteiger partial charge in [0.05, 0.1) is 6.42 Å². The molecule has 0 aromatic heterocycles. The van der Waals surface area contributed by atoms with Gasteiger partial charge in [-0.15, -0.1) is 12.4 Å². The number of carbonyl (C=O) groups excluding carboxylic acids is 1. The lowest BCUT2D eigenvalue weighted by atomic mass is 9.86. The van der Waals surface area contributed by atoms with Gasteiger partial charge in [0.1, 0.15) is 0 Å². The molecule has 0 bridgehead atoms. The monoisotopic (exact) mass is 316 g/mol. The molecule has 1 aromatic rings. The second-order valence-electron chi connectivity index (χ2n) is 5.92. The van der Waals surface area contributed by atoms with Gasteiger partial charge < -0.3 is 10.2 Å². The summed E-state index contributed by atoms with van der Waals surface area (Å²) in [7, 11) is 0. The van der Waals surface area contributed by atoms with Crippen LogP contribution < -0.4 is 5.32 Å². The molecule has 6 heteroatoms. The third-order valence-electron chi connectivity index (χ3n) is 4.46. The van der Waals surface area contributed by atoms with Crippen LogP contribution in [0, 0.1) is 17.0 Å². The predicted molar refractivity (Wildman–Crippen MR) is 78.4 cm³/mol. The van der Waals surface area contributed by atoms with Crippen LogP contribution in [0.1, 0.15) is 18.4 Å². The van der Waals surface area contributed by atoms with Gasteiger partial charge in [0.15, 0.2) is 11.6 Å². The quantitative estimate of drug-likeness (QED) is 0.906. The van der Waals surface area contributed by atoms with Crippen LogP contribution in [0.25, 0.3) is 0 Å². The molecule has 1 unspecified atom stereocenters. The summed E-state index contributed by atoms with van der Waals surface area (Å²) in [6.45, 7) is 3.54. The first-order valence-corrected chi connectivity index (χ1v) is 7.00. The molecule has 2 heterocycles. The third kappa shape index (κ3) is 3.35. The Balaban J connectivity index is 0.00000161. The standard InChI is InChI=1S/C15H18F2N2O.ClH/c16-12-2-1-11(7-13(12)17)8-14(20)19-6-4-15(10-19)3-5-18-9-15;/h1-2,7,18H,3-6,8-10H2;1H. The fourth-order valence-electron chi connectivity index (χ4n) is 3.23. The minimum absolute atomic E-state index is 0. The van der Waals surface area contributed by atoms with Crippen LogP contribution in [0.15, 0.2) is 18.2 Å². The van der Waals surface area contributed by atoms with Gasteiger partial charge in [-0.3, -0.25) is 4.79 Å². The number of benzene rings is 1. The number of rotatable bonds is 2. The van der Waals surface area contributed by atoms with E-state index < -0.39 is 11.6 Å². The van der Waals surface area contributed by atoms with E-state index in [0.717, 1.165) is 51.2 Å². The van der Waals surface area contributed by atoms with E-state index in [4.69, 9.17) is 0 Å². The maximum atomic E-state index is 13.1. The molecule has 0 aliphatic carbocycles. The SMILES string of the molecule is Cl.O=C(Cc1ccc(F)c(F)c1)N1CCC2(CCNC2)C1. The number of nitrogens with one attached hydrogen (secondary N) is 1. The van der Waals surface area contributed by atoms with Crippen molar-refractivity contribution in [3.05, 3.63) is 35.4 Å². The van der Waals surface area contributed by atoms with Crippen LogP contribution in [-0.2, 0) is 11.2 Å². The van der Waals surface area contributed by atoms with E-state index in [1.165, 1.54) is 6.07 Å². The summed E-state index contributed by atoms with van der Waals surface area (Å²) in [4.78, 5) is 14.1. The Hall–Kier alpha value is -1.20. The number of hydrogen-bond donors (Lipinski definition) is 1. The molecule has 21 heavy (non-hydrogen) atoms. The first kappa shape index (κ1) is 16.2. The minimum atomic E-state index is -0.895. The van der Waals surface area contributed by atoms with Crippen LogP contribution >= 0.6 is 12.4 Å². The van der Waals surface area contributed by atoms with Crippen LogP contribution in [-0.4, -0.2) is 37.0 Å². The van der Waals surface area contributed by atoms with E-state index in [9.17, 15) is 13.6 Å². The molecule has 2 saturated heterocycles. The highest BCUT2D eigenvalue weighted by molar-refractivity contribution is 5.85. The van der Waals surface area contributed by atoms with E-state index >= 15 is 0 Å². The molecule has 2 aliphatic heterocycles. The Labute approximate surface area is 129 Å². The molecular weight excluding hydrogens is 298 g/mol. The molecular formula is C15H19ClF2N2O. The van der Waals surface area contributed by atoms with E-state index in [-0.39, 0.29) is 30.2 Å². The lowest BCUT2D eigenvalue weighted by Gasteiger charge is -2.22. The maximum Gasteiger partial charge on any atom is 0.227 e. The van der Waals surface area contributed by atoms with E-state index in [1.807, 2.05) is 4.90 Å². The van der Waals surface area contributed by atoms with Crippen LogP contribution in [0.4, 0.5) is 8.78 Å². The lowest BCUT2D eigenvalue weighted by molar-refractivity contribution is -0.129. The normalized spacial score (nSPS) is 24.4. The number of halogens is 3. The topological polar surface area (TPSA) is 32.3 Å². The van der Waals surface area contributed by atoms with E-state index in [1.54, 1.807) is 0 Å². The van der Waals surface area contributed by atoms with Gasteiger partial charge in [-0.25, -0.2) is 8.78 Å². The summed E-state index contributed by atoms with van der Waals surface area (Å²) in [5, 5.41) is 3.35. The average Bonchev–Trinajstić information content (AvgIpc) is 3.05. The van der Waals surface area contributed by atoms with Crippen molar-refractivity contribution in [3.63, 3.8) is 0 Å². The van der Waals surface area contributed by atoms with E-state index in [2.05, 4.69) is 5.32 Å². The molecule has 1 aromatic carbocycles. The average molecular weight is 317 g/mol. The van der Waals surface area contributed by atoms with Gasteiger partial charge >= 0.3 is 0 Å². The molecule has 2 fully saturated rings. The number of carbonyl (C=O) groups is 1. The van der Waals surface area contributed by atoms with Crippen LogP contribution in [0.3, 0.4) is 0 Å². The van der Waals surface area contributed by atoms with E-state index in [0.29, 0.717) is 5.56 Å². The molecule has 1 spiro atoms. The molecule has 0 saturated carbocycles. The highest BCUT2D eigenvalue weighted by Gasteiger charge is 2.41. The van der Waals surface area contributed by atoms with Gasteiger partial charge in [0, 0.05) is 25.0 Å². The number of likely N-dealkylation sites (tertiary alicyclic amines) is 1. The molecule has 3 nitrogen and oxygen atoms in total. The summed E-state index contributed by atoms with van der Waals surface area (Å²) in [5.74, 6) is -1.77. The summed E-state index contributed by atoms with van der Waals surface area (Å²) < 4.78 is 26.0. The van der Waals surface area contributed by atoms with Gasteiger partial charge in [0.25, 0.3) is 0 Å². The molecule has 116 valence electrons. The summed E-state index contributed by atoms with van der Waals surface area (Å²) in [6, 6.07) is 3.65. The Kier molecular flexibility index (Phi) is 4.84. The fraction of sp³-hybridized carbons (Fsp3) is 0.533. The van der Waals surface area contributed by atoms with Crippen molar-refractivity contribution in [2.75, 3.05) is 26.2 Å². The van der Waals surface area contributed by atoms with Crippen molar-refractivity contribution in [1.29, 1.82) is 0 Å².